The predicted molar refractivity (Wildman–Crippen MR) is 62.6 cm³/mol. The molecule has 1 fully saturated rings. The second kappa shape index (κ2) is 6.59. The van der Waals surface area contributed by atoms with Crippen LogP contribution in [0.5, 0.6) is 0 Å². The van der Waals surface area contributed by atoms with E-state index in [-0.39, 0.29) is 18.7 Å². The SMILES string of the molecule is CCOC[C@@H]1CN(C(=O)CCC(=O)O)C[C@H]1C. The van der Waals surface area contributed by atoms with Gasteiger partial charge >= 0.3 is 5.97 Å². The molecular weight excluding hydrogens is 222 g/mol. The number of rotatable bonds is 6. The number of nitrogens with zero attached hydrogens (tertiary/aromatic N) is 1. The second-order valence-corrected chi connectivity index (χ2v) is 4.59. The van der Waals surface area contributed by atoms with E-state index in [9.17, 15) is 9.59 Å². The molecule has 0 bridgehead atoms. The molecule has 5 heteroatoms. The summed E-state index contributed by atoms with van der Waals surface area (Å²) < 4.78 is 5.38. The van der Waals surface area contributed by atoms with Gasteiger partial charge in [-0.15, -0.1) is 0 Å². The lowest BCUT2D eigenvalue weighted by atomic mass is 9.99. The number of aliphatic carboxylic acids is 1. The first-order chi connectivity index (χ1) is 8.04. The van der Waals surface area contributed by atoms with E-state index in [0.717, 1.165) is 6.54 Å². The van der Waals surface area contributed by atoms with Gasteiger partial charge in [-0.1, -0.05) is 6.92 Å². The number of ether oxygens (including phenoxy) is 1. The molecule has 0 aliphatic carbocycles. The number of hydrogen-bond donors (Lipinski definition) is 1. The number of likely N-dealkylation sites (tertiary alicyclic amines) is 1. The van der Waals surface area contributed by atoms with E-state index in [4.69, 9.17) is 9.84 Å². The third kappa shape index (κ3) is 4.34. The fourth-order valence-electron chi connectivity index (χ4n) is 2.10. The zero-order valence-electron chi connectivity index (χ0n) is 10.5. The van der Waals surface area contributed by atoms with Crippen LogP contribution in [0.25, 0.3) is 0 Å². The van der Waals surface area contributed by atoms with Crippen LogP contribution in [0.3, 0.4) is 0 Å². The molecule has 0 aromatic heterocycles. The molecule has 98 valence electrons. The van der Waals surface area contributed by atoms with Gasteiger partial charge in [-0.3, -0.25) is 9.59 Å². The molecule has 5 nitrogen and oxygen atoms in total. The molecule has 17 heavy (non-hydrogen) atoms. The maximum absolute atomic E-state index is 11.7. The first-order valence-corrected chi connectivity index (χ1v) is 6.11. The third-order valence-corrected chi connectivity index (χ3v) is 3.21. The molecule has 0 unspecified atom stereocenters. The van der Waals surface area contributed by atoms with E-state index >= 15 is 0 Å². The van der Waals surface area contributed by atoms with Crippen LogP contribution in [-0.4, -0.2) is 48.2 Å². The molecule has 1 aliphatic heterocycles. The minimum Gasteiger partial charge on any atom is -0.481 e. The topological polar surface area (TPSA) is 66.8 Å². The Morgan fingerprint density at radius 2 is 2.06 bits per heavy atom. The number of hydrogen-bond acceptors (Lipinski definition) is 3. The van der Waals surface area contributed by atoms with Gasteiger partial charge in [0, 0.05) is 32.0 Å². The van der Waals surface area contributed by atoms with Crippen molar-refractivity contribution in [3.05, 3.63) is 0 Å². The van der Waals surface area contributed by atoms with Crippen LogP contribution in [-0.2, 0) is 14.3 Å². The maximum Gasteiger partial charge on any atom is 0.303 e. The van der Waals surface area contributed by atoms with Gasteiger partial charge in [-0.05, 0) is 12.8 Å². The van der Waals surface area contributed by atoms with Gasteiger partial charge in [0.15, 0.2) is 0 Å². The molecule has 0 aromatic rings. The molecule has 0 aromatic carbocycles. The Balaban J connectivity index is 2.36. The summed E-state index contributed by atoms with van der Waals surface area (Å²) in [5.41, 5.74) is 0. The predicted octanol–water partition coefficient (Wildman–Crippen LogP) is 0.982. The Bertz CT molecular complexity index is 280. The van der Waals surface area contributed by atoms with Crippen molar-refractivity contribution in [2.45, 2.75) is 26.7 Å². The van der Waals surface area contributed by atoms with Crippen LogP contribution in [0.2, 0.25) is 0 Å². The summed E-state index contributed by atoms with van der Waals surface area (Å²) in [4.78, 5) is 23.9. The molecule has 0 radical (unpaired) electrons. The van der Waals surface area contributed by atoms with Crippen LogP contribution < -0.4 is 0 Å². The van der Waals surface area contributed by atoms with Gasteiger partial charge in [0.25, 0.3) is 0 Å². The highest BCUT2D eigenvalue weighted by molar-refractivity contribution is 5.80. The smallest absolute Gasteiger partial charge is 0.303 e. The van der Waals surface area contributed by atoms with Crippen molar-refractivity contribution in [3.63, 3.8) is 0 Å². The average molecular weight is 243 g/mol. The molecule has 0 spiro atoms. The Labute approximate surface area is 102 Å². The van der Waals surface area contributed by atoms with Crippen molar-refractivity contribution in [3.8, 4) is 0 Å². The summed E-state index contributed by atoms with van der Waals surface area (Å²) in [6.45, 7) is 6.84. The normalized spacial score (nSPS) is 24.0. The van der Waals surface area contributed by atoms with Crippen molar-refractivity contribution in [2.24, 2.45) is 11.8 Å². The minimum atomic E-state index is -0.920. The molecule has 1 saturated heterocycles. The van der Waals surface area contributed by atoms with Crippen molar-refractivity contribution < 1.29 is 19.4 Å². The first-order valence-electron chi connectivity index (χ1n) is 6.11. The number of carboxylic acid groups (broad SMARTS) is 1. The zero-order chi connectivity index (χ0) is 12.8. The van der Waals surface area contributed by atoms with Crippen molar-refractivity contribution >= 4 is 11.9 Å². The fourth-order valence-corrected chi connectivity index (χ4v) is 2.10. The van der Waals surface area contributed by atoms with Gasteiger partial charge in [-0.25, -0.2) is 0 Å². The van der Waals surface area contributed by atoms with Crippen LogP contribution >= 0.6 is 0 Å². The van der Waals surface area contributed by atoms with Crippen LogP contribution in [0, 0.1) is 11.8 Å². The summed E-state index contributed by atoms with van der Waals surface area (Å²) in [5.74, 6) is -0.172. The molecule has 1 heterocycles. The van der Waals surface area contributed by atoms with Crippen molar-refractivity contribution in [1.82, 2.24) is 4.90 Å². The zero-order valence-corrected chi connectivity index (χ0v) is 10.5. The standard InChI is InChI=1S/C12H21NO4/c1-3-17-8-10-7-13(6-9(10)2)11(14)4-5-12(15)16/h9-10H,3-8H2,1-2H3,(H,15,16)/t9-,10+/m1/s1. The van der Waals surface area contributed by atoms with E-state index in [2.05, 4.69) is 6.92 Å². The van der Waals surface area contributed by atoms with Crippen molar-refractivity contribution in [1.29, 1.82) is 0 Å². The Kier molecular flexibility index (Phi) is 5.41. The lowest BCUT2D eigenvalue weighted by Crippen LogP contribution is -2.29. The lowest BCUT2D eigenvalue weighted by molar-refractivity contribution is -0.140. The summed E-state index contributed by atoms with van der Waals surface area (Å²) in [7, 11) is 0. The molecule has 0 saturated carbocycles. The highest BCUT2D eigenvalue weighted by atomic mass is 16.5. The summed E-state index contributed by atoms with van der Waals surface area (Å²) >= 11 is 0. The number of amides is 1. The molecule has 1 amide bonds. The molecular formula is C12H21NO4. The van der Waals surface area contributed by atoms with E-state index in [1.54, 1.807) is 4.90 Å². The van der Waals surface area contributed by atoms with Crippen LogP contribution in [0.4, 0.5) is 0 Å². The summed E-state index contributed by atoms with van der Waals surface area (Å²) in [5, 5.41) is 8.53. The molecule has 2 atom stereocenters. The number of carbonyl (C=O) groups is 2. The number of carbonyl (C=O) groups excluding carboxylic acids is 1. The Morgan fingerprint density at radius 3 is 2.65 bits per heavy atom. The van der Waals surface area contributed by atoms with Gasteiger partial charge < -0.3 is 14.7 Å². The maximum atomic E-state index is 11.7. The first kappa shape index (κ1) is 14.0. The van der Waals surface area contributed by atoms with Crippen LogP contribution in [0.15, 0.2) is 0 Å². The van der Waals surface area contributed by atoms with Gasteiger partial charge in [0.1, 0.15) is 0 Å². The second-order valence-electron chi connectivity index (χ2n) is 4.59. The van der Waals surface area contributed by atoms with E-state index in [1.165, 1.54) is 0 Å². The fraction of sp³-hybridized carbons (Fsp3) is 0.833. The lowest BCUT2D eigenvalue weighted by Gasteiger charge is -2.15. The van der Waals surface area contributed by atoms with E-state index in [1.807, 2.05) is 6.92 Å². The monoisotopic (exact) mass is 243 g/mol. The van der Waals surface area contributed by atoms with E-state index < -0.39 is 5.97 Å². The molecule has 1 rings (SSSR count). The Hall–Kier alpha value is -1.10. The quantitative estimate of drug-likeness (QED) is 0.755. The third-order valence-electron chi connectivity index (χ3n) is 3.21. The molecule has 1 aliphatic rings. The largest absolute Gasteiger partial charge is 0.481 e. The number of carboxylic acids is 1. The minimum absolute atomic E-state index is 0.0572. The average Bonchev–Trinajstić information content (AvgIpc) is 2.65. The van der Waals surface area contributed by atoms with Crippen LogP contribution in [0.1, 0.15) is 26.7 Å². The van der Waals surface area contributed by atoms with Crippen molar-refractivity contribution in [2.75, 3.05) is 26.3 Å². The molecule has 1 N–H and O–H groups in total. The highest BCUT2D eigenvalue weighted by Crippen LogP contribution is 2.23. The summed E-state index contributed by atoms with van der Waals surface area (Å²) in [6.07, 6.45) is 0.0171. The summed E-state index contributed by atoms with van der Waals surface area (Å²) in [6, 6.07) is 0. The highest BCUT2D eigenvalue weighted by Gasteiger charge is 2.32. The van der Waals surface area contributed by atoms with E-state index in [0.29, 0.717) is 31.6 Å². The Morgan fingerprint density at radius 1 is 1.35 bits per heavy atom. The van der Waals surface area contributed by atoms with Gasteiger partial charge in [0.2, 0.25) is 5.91 Å². The van der Waals surface area contributed by atoms with Gasteiger partial charge in [0.05, 0.1) is 13.0 Å². The van der Waals surface area contributed by atoms with Gasteiger partial charge in [-0.2, -0.15) is 0 Å².